The van der Waals surface area contributed by atoms with Crippen LogP contribution < -0.4 is 25.4 Å². The van der Waals surface area contributed by atoms with Gasteiger partial charge in [0.2, 0.25) is 6.79 Å². The van der Waals surface area contributed by atoms with Crippen LogP contribution in [0.2, 0.25) is 0 Å². The molecule has 150 valence electrons. The summed E-state index contributed by atoms with van der Waals surface area (Å²) in [5, 5.41) is 9.17. The van der Waals surface area contributed by atoms with Crippen LogP contribution in [0.25, 0.3) is 0 Å². The van der Waals surface area contributed by atoms with Crippen LogP contribution in [-0.2, 0) is 13.1 Å². The van der Waals surface area contributed by atoms with Crippen molar-refractivity contribution in [2.24, 2.45) is 4.99 Å². The van der Waals surface area contributed by atoms with Gasteiger partial charge in [-0.15, -0.1) is 24.0 Å². The Morgan fingerprint density at radius 2 is 1.89 bits per heavy atom. The van der Waals surface area contributed by atoms with Gasteiger partial charge in [-0.05, 0) is 42.3 Å². The number of nitrogens with one attached hydrogen (secondary N) is 3. The molecule has 1 amide bonds. The molecule has 1 aliphatic heterocycles. The Balaban J connectivity index is 0.00000280. The molecule has 3 N–H and O–H groups in total. The van der Waals surface area contributed by atoms with Crippen LogP contribution in [0.1, 0.15) is 28.4 Å². The highest BCUT2D eigenvalue weighted by Gasteiger charge is 2.13. The SMILES string of the molecule is CCNC(=NCc1cccc(C(=O)NC)c1)NCc1ccc2c(c1)OCO2.I. The first-order valence-electron chi connectivity index (χ1n) is 8.91. The topological polar surface area (TPSA) is 84.0 Å². The van der Waals surface area contributed by atoms with Crippen LogP contribution in [0.5, 0.6) is 11.5 Å². The molecule has 0 saturated heterocycles. The van der Waals surface area contributed by atoms with Crippen molar-refractivity contribution in [1.29, 1.82) is 0 Å². The molecule has 0 fully saturated rings. The largest absolute Gasteiger partial charge is 0.454 e. The average Bonchev–Trinajstić information content (AvgIpc) is 3.17. The quantitative estimate of drug-likeness (QED) is 0.326. The maximum atomic E-state index is 11.8. The molecule has 0 saturated carbocycles. The highest BCUT2D eigenvalue weighted by atomic mass is 127. The summed E-state index contributed by atoms with van der Waals surface area (Å²) in [5.41, 5.74) is 2.67. The van der Waals surface area contributed by atoms with Crippen LogP contribution in [0.15, 0.2) is 47.5 Å². The lowest BCUT2D eigenvalue weighted by Gasteiger charge is -2.12. The van der Waals surface area contributed by atoms with Gasteiger partial charge in [-0.25, -0.2) is 4.99 Å². The molecule has 0 atom stereocenters. The second kappa shape index (κ2) is 10.7. The van der Waals surface area contributed by atoms with E-state index in [9.17, 15) is 4.79 Å². The van der Waals surface area contributed by atoms with Crippen molar-refractivity contribution in [3.8, 4) is 11.5 Å². The van der Waals surface area contributed by atoms with E-state index < -0.39 is 0 Å². The third-order valence-electron chi connectivity index (χ3n) is 4.08. The summed E-state index contributed by atoms with van der Waals surface area (Å²) in [5.74, 6) is 2.15. The third-order valence-corrected chi connectivity index (χ3v) is 4.08. The molecule has 0 unspecified atom stereocenters. The fourth-order valence-electron chi connectivity index (χ4n) is 2.70. The van der Waals surface area contributed by atoms with Crippen molar-refractivity contribution in [1.82, 2.24) is 16.0 Å². The number of benzene rings is 2. The first-order chi connectivity index (χ1) is 13.2. The lowest BCUT2D eigenvalue weighted by molar-refractivity contribution is 0.0963. The molecule has 0 aliphatic carbocycles. The van der Waals surface area contributed by atoms with Gasteiger partial charge in [-0.2, -0.15) is 0 Å². The lowest BCUT2D eigenvalue weighted by atomic mass is 10.1. The van der Waals surface area contributed by atoms with E-state index in [0.29, 0.717) is 24.6 Å². The second-order valence-corrected chi connectivity index (χ2v) is 6.02. The van der Waals surface area contributed by atoms with Crippen molar-refractivity contribution in [2.75, 3.05) is 20.4 Å². The van der Waals surface area contributed by atoms with E-state index in [1.54, 1.807) is 13.1 Å². The van der Waals surface area contributed by atoms with Gasteiger partial charge >= 0.3 is 0 Å². The smallest absolute Gasteiger partial charge is 0.251 e. The number of guanidine groups is 1. The van der Waals surface area contributed by atoms with E-state index in [4.69, 9.17) is 9.47 Å². The van der Waals surface area contributed by atoms with Crippen LogP contribution in [0, 0.1) is 0 Å². The molecule has 0 radical (unpaired) electrons. The summed E-state index contributed by atoms with van der Waals surface area (Å²) in [7, 11) is 1.62. The van der Waals surface area contributed by atoms with Crippen molar-refractivity contribution in [3.63, 3.8) is 0 Å². The van der Waals surface area contributed by atoms with Gasteiger partial charge in [0, 0.05) is 25.7 Å². The summed E-state index contributed by atoms with van der Waals surface area (Å²) < 4.78 is 10.7. The number of rotatable bonds is 6. The van der Waals surface area contributed by atoms with Gasteiger partial charge in [-0.3, -0.25) is 4.79 Å². The summed E-state index contributed by atoms with van der Waals surface area (Å²) in [6, 6.07) is 13.3. The first-order valence-corrected chi connectivity index (χ1v) is 8.91. The zero-order valence-electron chi connectivity index (χ0n) is 16.0. The zero-order valence-corrected chi connectivity index (χ0v) is 18.3. The monoisotopic (exact) mass is 496 g/mol. The summed E-state index contributed by atoms with van der Waals surface area (Å²) in [6.07, 6.45) is 0. The van der Waals surface area contributed by atoms with Gasteiger partial charge in [0.25, 0.3) is 5.91 Å². The van der Waals surface area contributed by atoms with Crippen LogP contribution in [-0.4, -0.2) is 32.3 Å². The first kappa shape index (κ1) is 21.8. The molecule has 0 aromatic heterocycles. The summed E-state index contributed by atoms with van der Waals surface area (Å²) >= 11 is 0. The fourth-order valence-corrected chi connectivity index (χ4v) is 2.70. The van der Waals surface area contributed by atoms with Gasteiger partial charge < -0.3 is 25.4 Å². The van der Waals surface area contributed by atoms with Crippen LogP contribution >= 0.6 is 24.0 Å². The standard InChI is InChI=1S/C20H24N4O3.HI/c1-3-22-20(23-11-14-5-4-6-16(9-14)19(25)21-2)24-12-15-7-8-17-18(10-15)27-13-26-17;/h4-10H,3,11-13H2,1-2H3,(H,21,25)(H2,22,23,24);1H. The molecule has 28 heavy (non-hydrogen) atoms. The lowest BCUT2D eigenvalue weighted by Crippen LogP contribution is -2.36. The normalized spacial score (nSPS) is 12.1. The third kappa shape index (κ3) is 5.75. The Hall–Kier alpha value is -2.49. The number of fused-ring (bicyclic) bond motifs is 1. The van der Waals surface area contributed by atoms with E-state index in [-0.39, 0.29) is 36.7 Å². The van der Waals surface area contributed by atoms with Gasteiger partial charge in [-0.1, -0.05) is 18.2 Å². The van der Waals surface area contributed by atoms with E-state index in [1.807, 2.05) is 43.3 Å². The number of carbonyl (C=O) groups excluding carboxylic acids is 1. The van der Waals surface area contributed by atoms with Crippen molar-refractivity contribution in [3.05, 3.63) is 59.2 Å². The number of aliphatic imine (C=N–C) groups is 1. The fraction of sp³-hybridized carbons (Fsp3) is 0.300. The zero-order chi connectivity index (χ0) is 19.1. The molecule has 0 bridgehead atoms. The highest BCUT2D eigenvalue weighted by Crippen LogP contribution is 2.32. The molecule has 3 rings (SSSR count). The summed E-state index contributed by atoms with van der Waals surface area (Å²) in [6.45, 7) is 4.13. The van der Waals surface area contributed by atoms with E-state index in [0.717, 1.165) is 29.2 Å². The Morgan fingerprint density at radius 3 is 2.68 bits per heavy atom. The predicted molar refractivity (Wildman–Crippen MR) is 119 cm³/mol. The molecular formula is C20H25IN4O3. The maximum Gasteiger partial charge on any atom is 0.251 e. The number of amides is 1. The Labute approximate surface area is 181 Å². The number of halogens is 1. The maximum absolute atomic E-state index is 11.8. The molecule has 0 spiro atoms. The van der Waals surface area contributed by atoms with E-state index >= 15 is 0 Å². The van der Waals surface area contributed by atoms with Crippen molar-refractivity contribution >= 4 is 35.8 Å². The van der Waals surface area contributed by atoms with Crippen LogP contribution in [0.3, 0.4) is 0 Å². The minimum Gasteiger partial charge on any atom is -0.454 e. The Morgan fingerprint density at radius 1 is 1.07 bits per heavy atom. The molecular weight excluding hydrogens is 471 g/mol. The minimum atomic E-state index is -0.103. The van der Waals surface area contributed by atoms with Crippen molar-refractivity contribution < 1.29 is 14.3 Å². The van der Waals surface area contributed by atoms with Gasteiger partial charge in [0.1, 0.15) is 0 Å². The number of hydrogen-bond acceptors (Lipinski definition) is 4. The molecule has 2 aromatic carbocycles. The van der Waals surface area contributed by atoms with Crippen LogP contribution in [0.4, 0.5) is 0 Å². The Kier molecular flexibility index (Phi) is 8.37. The number of ether oxygens (including phenoxy) is 2. The molecule has 1 heterocycles. The number of hydrogen-bond donors (Lipinski definition) is 3. The molecule has 8 heteroatoms. The van der Waals surface area contributed by atoms with E-state index in [2.05, 4.69) is 20.9 Å². The second-order valence-electron chi connectivity index (χ2n) is 6.02. The van der Waals surface area contributed by atoms with Gasteiger partial charge in [0.05, 0.1) is 6.54 Å². The molecule has 2 aromatic rings. The molecule has 7 nitrogen and oxygen atoms in total. The molecule has 1 aliphatic rings. The number of carbonyl (C=O) groups is 1. The highest BCUT2D eigenvalue weighted by molar-refractivity contribution is 14.0. The van der Waals surface area contributed by atoms with Crippen molar-refractivity contribution in [2.45, 2.75) is 20.0 Å². The summed E-state index contributed by atoms with van der Waals surface area (Å²) in [4.78, 5) is 16.4. The Bertz CT molecular complexity index is 842. The number of nitrogens with zero attached hydrogens (tertiary/aromatic N) is 1. The predicted octanol–water partition coefficient (Wildman–Crippen LogP) is 2.65. The van der Waals surface area contributed by atoms with Gasteiger partial charge in [0.15, 0.2) is 17.5 Å². The average molecular weight is 496 g/mol. The minimum absolute atomic E-state index is 0. The van der Waals surface area contributed by atoms with E-state index in [1.165, 1.54) is 0 Å².